The largest absolute Gasteiger partial charge is 0.416 e. The second-order valence-corrected chi connectivity index (χ2v) is 6.81. The number of carbonyl (C=O) groups is 2. The van der Waals surface area contributed by atoms with Gasteiger partial charge >= 0.3 is 6.18 Å². The number of hydrogen-bond donors (Lipinski definition) is 1. The summed E-state index contributed by atoms with van der Waals surface area (Å²) in [7, 11) is 1.40. The number of para-hydroxylation sites is 1. The SMILES string of the molecule is COCC(NC(=O)CN1C(=O)CCc2ccccc21)c1cccc(C(F)(F)F)c1. The second-order valence-electron chi connectivity index (χ2n) is 6.81. The van der Waals surface area contributed by atoms with Crippen molar-refractivity contribution in [1.29, 1.82) is 0 Å². The zero-order chi connectivity index (χ0) is 21.0. The molecule has 3 rings (SSSR count). The van der Waals surface area contributed by atoms with Crippen LogP contribution in [-0.4, -0.2) is 32.1 Å². The quantitative estimate of drug-likeness (QED) is 0.799. The Kier molecular flexibility index (Phi) is 6.22. The normalized spacial score (nSPS) is 15.0. The van der Waals surface area contributed by atoms with E-state index < -0.39 is 23.7 Å². The number of anilines is 1. The van der Waals surface area contributed by atoms with Crippen LogP contribution >= 0.6 is 0 Å². The second kappa shape index (κ2) is 8.65. The van der Waals surface area contributed by atoms with E-state index in [0.717, 1.165) is 17.7 Å². The molecular weight excluding hydrogens is 385 g/mol. The monoisotopic (exact) mass is 406 g/mol. The van der Waals surface area contributed by atoms with Crippen LogP contribution in [0.1, 0.15) is 29.2 Å². The van der Waals surface area contributed by atoms with E-state index >= 15 is 0 Å². The molecule has 29 heavy (non-hydrogen) atoms. The molecule has 5 nitrogen and oxygen atoms in total. The Bertz CT molecular complexity index is 899. The zero-order valence-electron chi connectivity index (χ0n) is 15.8. The Balaban J connectivity index is 1.77. The van der Waals surface area contributed by atoms with E-state index in [-0.39, 0.29) is 24.6 Å². The number of amides is 2. The summed E-state index contributed by atoms with van der Waals surface area (Å²) in [5.74, 6) is -0.643. The van der Waals surface area contributed by atoms with E-state index in [0.29, 0.717) is 18.5 Å². The van der Waals surface area contributed by atoms with Crippen LogP contribution in [0.25, 0.3) is 0 Å². The molecule has 1 heterocycles. The van der Waals surface area contributed by atoms with Gasteiger partial charge in [-0.1, -0.05) is 30.3 Å². The van der Waals surface area contributed by atoms with Crippen molar-refractivity contribution in [2.45, 2.75) is 25.1 Å². The molecule has 0 radical (unpaired) electrons. The number of benzene rings is 2. The molecule has 0 fully saturated rings. The topological polar surface area (TPSA) is 58.6 Å². The van der Waals surface area contributed by atoms with Crippen LogP contribution in [0.15, 0.2) is 48.5 Å². The van der Waals surface area contributed by atoms with Crippen LogP contribution in [0.3, 0.4) is 0 Å². The molecule has 154 valence electrons. The minimum atomic E-state index is -4.48. The molecule has 2 amide bonds. The van der Waals surface area contributed by atoms with Crippen LogP contribution in [0.4, 0.5) is 18.9 Å². The van der Waals surface area contributed by atoms with Crippen molar-refractivity contribution >= 4 is 17.5 Å². The van der Waals surface area contributed by atoms with Crippen LogP contribution in [0, 0.1) is 0 Å². The van der Waals surface area contributed by atoms with Crippen LogP contribution in [0.5, 0.6) is 0 Å². The molecule has 8 heteroatoms. The molecule has 2 aromatic rings. The smallest absolute Gasteiger partial charge is 0.382 e. The summed E-state index contributed by atoms with van der Waals surface area (Å²) in [6, 6.07) is 11.3. The fourth-order valence-corrected chi connectivity index (χ4v) is 3.37. The van der Waals surface area contributed by atoms with Crippen LogP contribution < -0.4 is 10.2 Å². The number of ether oxygens (including phenoxy) is 1. The van der Waals surface area contributed by atoms with Gasteiger partial charge in [0.1, 0.15) is 6.54 Å². The first kappa shape index (κ1) is 20.9. The molecule has 2 aromatic carbocycles. The summed E-state index contributed by atoms with van der Waals surface area (Å²) >= 11 is 0. The van der Waals surface area contributed by atoms with E-state index in [1.54, 1.807) is 12.1 Å². The standard InChI is InChI=1S/C21H21F3N2O3/c1-29-13-17(15-6-4-7-16(11-15)21(22,23)24)25-19(27)12-26-18-8-3-2-5-14(18)9-10-20(26)28/h2-8,11,17H,9-10,12-13H2,1H3,(H,25,27). The zero-order valence-corrected chi connectivity index (χ0v) is 15.8. The molecule has 0 spiro atoms. The van der Waals surface area contributed by atoms with Crippen molar-refractivity contribution in [3.05, 3.63) is 65.2 Å². The first-order valence-electron chi connectivity index (χ1n) is 9.13. The Hall–Kier alpha value is -2.87. The predicted molar refractivity (Wildman–Crippen MR) is 101 cm³/mol. The van der Waals surface area contributed by atoms with Gasteiger partial charge in [0.05, 0.1) is 18.2 Å². The predicted octanol–water partition coefficient (Wildman–Crippen LogP) is 3.49. The molecule has 1 unspecified atom stereocenters. The highest BCUT2D eigenvalue weighted by molar-refractivity contribution is 6.01. The van der Waals surface area contributed by atoms with Gasteiger partial charge in [0.15, 0.2) is 0 Å². The summed E-state index contributed by atoms with van der Waals surface area (Å²) in [4.78, 5) is 26.4. The van der Waals surface area contributed by atoms with Crippen LogP contribution in [0.2, 0.25) is 0 Å². The highest BCUT2D eigenvalue weighted by atomic mass is 19.4. The maximum Gasteiger partial charge on any atom is 0.416 e. The lowest BCUT2D eigenvalue weighted by atomic mass is 10.0. The molecule has 0 saturated heterocycles. The van der Waals surface area contributed by atoms with E-state index in [9.17, 15) is 22.8 Å². The highest BCUT2D eigenvalue weighted by Crippen LogP contribution is 2.31. The van der Waals surface area contributed by atoms with Gasteiger partial charge in [-0.25, -0.2) is 0 Å². The Morgan fingerprint density at radius 3 is 2.66 bits per heavy atom. The number of carbonyl (C=O) groups excluding carboxylic acids is 2. The summed E-state index contributed by atoms with van der Waals surface area (Å²) in [5.41, 5.74) is 1.14. The Morgan fingerprint density at radius 1 is 1.17 bits per heavy atom. The molecule has 0 aromatic heterocycles. The number of aryl methyl sites for hydroxylation is 1. The summed E-state index contributed by atoms with van der Waals surface area (Å²) < 4.78 is 44.1. The Morgan fingerprint density at radius 2 is 1.93 bits per heavy atom. The van der Waals surface area contributed by atoms with Crippen molar-refractivity contribution < 1.29 is 27.5 Å². The van der Waals surface area contributed by atoms with Gasteiger partial charge in [-0.2, -0.15) is 13.2 Å². The minimum Gasteiger partial charge on any atom is -0.382 e. The van der Waals surface area contributed by atoms with Gasteiger partial charge in [0, 0.05) is 19.2 Å². The highest BCUT2D eigenvalue weighted by Gasteiger charge is 2.31. The number of fused-ring (bicyclic) bond motifs is 1. The number of nitrogens with zero attached hydrogens (tertiary/aromatic N) is 1. The fourth-order valence-electron chi connectivity index (χ4n) is 3.37. The molecule has 0 saturated carbocycles. The lowest BCUT2D eigenvalue weighted by Gasteiger charge is -2.29. The summed E-state index contributed by atoms with van der Waals surface area (Å²) in [5, 5.41) is 2.69. The van der Waals surface area contributed by atoms with E-state index in [2.05, 4.69) is 5.32 Å². The van der Waals surface area contributed by atoms with Gasteiger partial charge in [-0.3, -0.25) is 9.59 Å². The molecule has 0 aliphatic carbocycles. The molecule has 0 bridgehead atoms. The maximum absolute atomic E-state index is 13.0. The van der Waals surface area contributed by atoms with Crippen molar-refractivity contribution in [2.24, 2.45) is 0 Å². The molecular formula is C21H21F3N2O3. The van der Waals surface area contributed by atoms with Gasteiger partial charge in [-0.05, 0) is 35.7 Å². The lowest BCUT2D eigenvalue weighted by molar-refractivity contribution is -0.137. The number of alkyl halides is 3. The number of nitrogens with one attached hydrogen (secondary N) is 1. The van der Waals surface area contributed by atoms with E-state index in [1.165, 1.54) is 24.1 Å². The van der Waals surface area contributed by atoms with Gasteiger partial charge in [-0.15, -0.1) is 0 Å². The summed E-state index contributed by atoms with van der Waals surface area (Å²) in [6.07, 6.45) is -3.56. The third-order valence-electron chi connectivity index (χ3n) is 4.78. The first-order chi connectivity index (χ1) is 13.8. The van der Waals surface area contributed by atoms with Crippen LogP contribution in [-0.2, 0) is 26.9 Å². The maximum atomic E-state index is 13.0. The molecule has 1 atom stereocenters. The van der Waals surface area contributed by atoms with Crippen molar-refractivity contribution in [3.63, 3.8) is 0 Å². The van der Waals surface area contributed by atoms with Crippen molar-refractivity contribution in [1.82, 2.24) is 5.32 Å². The summed E-state index contributed by atoms with van der Waals surface area (Å²) in [6.45, 7) is -0.216. The first-order valence-corrected chi connectivity index (χ1v) is 9.13. The number of halogens is 3. The molecule has 1 aliphatic rings. The van der Waals surface area contributed by atoms with Gasteiger partial charge < -0.3 is 15.0 Å². The number of hydrogen-bond acceptors (Lipinski definition) is 3. The van der Waals surface area contributed by atoms with Gasteiger partial charge in [0.25, 0.3) is 0 Å². The molecule has 1 aliphatic heterocycles. The minimum absolute atomic E-state index is 0.00240. The third kappa shape index (κ3) is 4.95. The van der Waals surface area contributed by atoms with E-state index in [1.807, 2.05) is 12.1 Å². The van der Waals surface area contributed by atoms with Gasteiger partial charge in [0.2, 0.25) is 11.8 Å². The fraction of sp³-hybridized carbons (Fsp3) is 0.333. The molecule has 1 N–H and O–H groups in total. The number of methoxy groups -OCH3 is 1. The number of rotatable bonds is 6. The van der Waals surface area contributed by atoms with Crippen molar-refractivity contribution in [2.75, 3.05) is 25.2 Å². The van der Waals surface area contributed by atoms with E-state index in [4.69, 9.17) is 4.74 Å². The lowest BCUT2D eigenvalue weighted by Crippen LogP contribution is -2.44. The third-order valence-corrected chi connectivity index (χ3v) is 4.78. The van der Waals surface area contributed by atoms with Crippen molar-refractivity contribution in [3.8, 4) is 0 Å². The Labute approximate surface area is 166 Å². The average Bonchev–Trinajstić information content (AvgIpc) is 2.69. The average molecular weight is 406 g/mol.